The van der Waals surface area contributed by atoms with Crippen LogP contribution in [0.25, 0.3) is 0 Å². The molecule has 4 aliphatic carbocycles. The normalized spacial score (nSPS) is 49.9. The van der Waals surface area contributed by atoms with Crippen LogP contribution in [0.1, 0.15) is 87.8 Å². The van der Waals surface area contributed by atoms with Crippen LogP contribution in [0.15, 0.2) is 0 Å². The summed E-state index contributed by atoms with van der Waals surface area (Å²) >= 11 is 0. The molecular formula is C24H42MgO4. The van der Waals surface area contributed by atoms with Gasteiger partial charge in [-0.1, -0.05) is 20.8 Å². The van der Waals surface area contributed by atoms with Crippen LogP contribution in [0, 0.1) is 46.3 Å². The summed E-state index contributed by atoms with van der Waals surface area (Å²) in [6.07, 6.45) is 9.16. The molecule has 5 heteroatoms. The molecule has 4 saturated carbocycles. The van der Waals surface area contributed by atoms with E-state index in [-0.39, 0.29) is 55.9 Å². The van der Waals surface area contributed by atoms with Gasteiger partial charge in [-0.25, -0.2) is 0 Å². The molecule has 3 N–H and O–H groups in total. The fourth-order valence-corrected chi connectivity index (χ4v) is 8.81. The summed E-state index contributed by atoms with van der Waals surface area (Å²) < 4.78 is 0. The molecule has 4 nitrogen and oxygen atoms in total. The Kier molecular flexibility index (Phi) is 7.06. The number of carboxylic acids is 1. The first kappa shape index (κ1) is 23.8. The third-order valence-corrected chi connectivity index (χ3v) is 10.2. The Bertz CT molecular complexity index is 622. The van der Waals surface area contributed by atoms with Crippen molar-refractivity contribution >= 4 is 29.0 Å². The number of carboxylic acid groups (broad SMARTS) is 1. The third kappa shape index (κ3) is 3.91. The van der Waals surface area contributed by atoms with E-state index in [9.17, 15) is 15.0 Å². The molecule has 4 aliphatic rings. The van der Waals surface area contributed by atoms with Crippen molar-refractivity contribution in [2.45, 2.75) is 97.2 Å². The Morgan fingerprint density at radius 1 is 1.00 bits per heavy atom. The van der Waals surface area contributed by atoms with Gasteiger partial charge in [0.25, 0.3) is 0 Å². The fourth-order valence-electron chi connectivity index (χ4n) is 8.81. The van der Waals surface area contributed by atoms with Gasteiger partial charge in [-0.3, -0.25) is 4.79 Å². The molecule has 4 fully saturated rings. The maximum Gasteiger partial charge on any atom is 2.00 e. The van der Waals surface area contributed by atoms with Crippen molar-refractivity contribution in [3.05, 3.63) is 0 Å². The van der Waals surface area contributed by atoms with Crippen LogP contribution >= 0.6 is 0 Å². The SMILES string of the molecule is CC(CCC(=O)O)[C@H]1CC[C@H]2[C@@H]3CC(O)C4CC(O)CC[C@]4(C)[C@H]3CC[C@]12C.[H-].[H-].[Mg+2]. The minimum Gasteiger partial charge on any atom is -1.00 e. The van der Waals surface area contributed by atoms with Gasteiger partial charge in [0, 0.05) is 6.42 Å². The molecule has 29 heavy (non-hydrogen) atoms. The van der Waals surface area contributed by atoms with Crippen molar-refractivity contribution < 1.29 is 23.0 Å². The zero-order valence-corrected chi connectivity index (χ0v) is 20.1. The number of aliphatic carboxylic acids is 1. The predicted octanol–water partition coefficient (Wildman–Crippen LogP) is 4.32. The van der Waals surface area contributed by atoms with Gasteiger partial charge in [0.15, 0.2) is 0 Å². The standard InChI is InChI=1S/C24H40O4.Mg.2H/c1-14(4-7-22(27)28)17-5-6-18-16-13-21(26)20-12-15(25)8-10-24(20,3)19(16)9-11-23(17,18)2;;;/h14-21,25-26H,4-13H2,1-3H3,(H,27,28);;;/q;+2;2*-1/t14?,15?,16-,17+,18-,19-,20?,21?,23+,24+;;;/m0.../s1. The molecule has 4 unspecified atom stereocenters. The largest absolute Gasteiger partial charge is 2.00 e. The van der Waals surface area contributed by atoms with Crippen LogP contribution in [0.2, 0.25) is 0 Å². The molecule has 164 valence electrons. The van der Waals surface area contributed by atoms with E-state index in [1.807, 2.05) is 0 Å². The summed E-state index contributed by atoms with van der Waals surface area (Å²) in [4.78, 5) is 11.1. The van der Waals surface area contributed by atoms with Crippen molar-refractivity contribution in [1.82, 2.24) is 0 Å². The van der Waals surface area contributed by atoms with E-state index in [4.69, 9.17) is 5.11 Å². The molecule has 4 rings (SSSR count). The van der Waals surface area contributed by atoms with Crippen LogP contribution in [-0.2, 0) is 4.79 Å². The van der Waals surface area contributed by atoms with Crippen LogP contribution in [-0.4, -0.2) is 56.5 Å². The third-order valence-electron chi connectivity index (χ3n) is 10.2. The first-order valence-electron chi connectivity index (χ1n) is 11.7. The Morgan fingerprint density at radius 2 is 1.66 bits per heavy atom. The molecule has 0 amide bonds. The molecule has 0 aromatic heterocycles. The molecule has 0 spiro atoms. The van der Waals surface area contributed by atoms with Crippen LogP contribution in [0.4, 0.5) is 0 Å². The number of aliphatic hydroxyl groups excluding tert-OH is 2. The van der Waals surface area contributed by atoms with E-state index in [0.717, 1.165) is 32.1 Å². The van der Waals surface area contributed by atoms with Gasteiger partial charge in [-0.2, -0.15) is 0 Å². The number of hydrogen-bond acceptors (Lipinski definition) is 3. The minimum atomic E-state index is -0.677. The monoisotopic (exact) mass is 418 g/mol. The van der Waals surface area contributed by atoms with Crippen LogP contribution < -0.4 is 0 Å². The second-order valence-electron chi connectivity index (χ2n) is 11.4. The Labute approximate surface area is 195 Å². The molecule has 0 saturated heterocycles. The number of rotatable bonds is 4. The maximum atomic E-state index is 11.1. The summed E-state index contributed by atoms with van der Waals surface area (Å²) in [6.45, 7) is 7.16. The average Bonchev–Trinajstić information content (AvgIpc) is 2.99. The van der Waals surface area contributed by atoms with Gasteiger partial charge in [0.1, 0.15) is 0 Å². The predicted molar refractivity (Wildman–Crippen MR) is 117 cm³/mol. The van der Waals surface area contributed by atoms with E-state index in [2.05, 4.69) is 20.8 Å². The van der Waals surface area contributed by atoms with Crippen molar-refractivity contribution in [3.63, 3.8) is 0 Å². The fraction of sp³-hybridized carbons (Fsp3) is 0.958. The Morgan fingerprint density at radius 3 is 2.34 bits per heavy atom. The molecule has 0 radical (unpaired) electrons. The molecular weight excluding hydrogens is 377 g/mol. The molecule has 0 aromatic carbocycles. The maximum absolute atomic E-state index is 11.1. The van der Waals surface area contributed by atoms with Crippen molar-refractivity contribution in [2.75, 3.05) is 0 Å². The Balaban J connectivity index is 0.00000160. The van der Waals surface area contributed by atoms with Crippen molar-refractivity contribution in [3.8, 4) is 0 Å². The van der Waals surface area contributed by atoms with Crippen molar-refractivity contribution in [1.29, 1.82) is 0 Å². The van der Waals surface area contributed by atoms with Gasteiger partial charge >= 0.3 is 29.0 Å². The van der Waals surface area contributed by atoms with E-state index in [1.165, 1.54) is 25.7 Å². The van der Waals surface area contributed by atoms with Crippen molar-refractivity contribution in [2.24, 2.45) is 46.3 Å². The summed E-state index contributed by atoms with van der Waals surface area (Å²) in [6, 6.07) is 0. The minimum absolute atomic E-state index is 0. The van der Waals surface area contributed by atoms with Crippen LogP contribution in [0.3, 0.4) is 0 Å². The van der Waals surface area contributed by atoms with E-state index in [0.29, 0.717) is 35.0 Å². The second-order valence-corrected chi connectivity index (χ2v) is 11.4. The van der Waals surface area contributed by atoms with E-state index in [1.54, 1.807) is 0 Å². The smallest absolute Gasteiger partial charge is 1.00 e. The topological polar surface area (TPSA) is 77.8 Å². The van der Waals surface area contributed by atoms with E-state index < -0.39 is 5.97 Å². The summed E-state index contributed by atoms with van der Waals surface area (Å²) in [7, 11) is 0. The average molecular weight is 419 g/mol. The molecule has 0 heterocycles. The molecule has 10 atom stereocenters. The summed E-state index contributed by atoms with van der Waals surface area (Å²) in [5, 5.41) is 30.4. The number of fused-ring (bicyclic) bond motifs is 5. The Hall–Kier alpha value is 0.156. The van der Waals surface area contributed by atoms with E-state index >= 15 is 0 Å². The van der Waals surface area contributed by atoms with Gasteiger partial charge in [-0.15, -0.1) is 0 Å². The first-order chi connectivity index (χ1) is 13.2. The zero-order valence-electron chi connectivity index (χ0n) is 20.6. The van der Waals surface area contributed by atoms with Crippen LogP contribution in [0.5, 0.6) is 0 Å². The molecule has 0 aromatic rings. The first-order valence-corrected chi connectivity index (χ1v) is 11.7. The summed E-state index contributed by atoms with van der Waals surface area (Å²) in [5.74, 6) is 2.61. The summed E-state index contributed by atoms with van der Waals surface area (Å²) in [5.41, 5.74) is 0.478. The van der Waals surface area contributed by atoms with Gasteiger partial charge in [0.05, 0.1) is 12.2 Å². The number of hydrogen-bond donors (Lipinski definition) is 3. The zero-order chi connectivity index (χ0) is 20.3. The van der Waals surface area contributed by atoms with Gasteiger partial charge < -0.3 is 18.2 Å². The molecule has 0 bridgehead atoms. The van der Waals surface area contributed by atoms with Gasteiger partial charge in [0.2, 0.25) is 0 Å². The number of carbonyl (C=O) groups is 1. The molecule has 0 aliphatic heterocycles. The second kappa shape index (κ2) is 8.59. The number of aliphatic hydroxyl groups is 2. The quantitative estimate of drug-likeness (QED) is 0.594. The van der Waals surface area contributed by atoms with Gasteiger partial charge in [-0.05, 0) is 104 Å².